The van der Waals surface area contributed by atoms with E-state index in [9.17, 15) is 28.5 Å². The largest absolute Gasteiger partial charge is 0.416 e. The van der Waals surface area contributed by atoms with Gasteiger partial charge >= 0.3 is 6.18 Å². The van der Waals surface area contributed by atoms with Crippen molar-refractivity contribution in [2.45, 2.75) is 50.2 Å². The van der Waals surface area contributed by atoms with Gasteiger partial charge in [0, 0.05) is 6.20 Å². The number of nitrogens with one attached hydrogen (secondary N) is 1. The molecule has 0 aliphatic carbocycles. The normalized spacial score (nSPS) is 24.4. The van der Waals surface area contributed by atoms with Crippen molar-refractivity contribution >= 4 is 16.9 Å². The Hall–Kier alpha value is -2.77. The van der Waals surface area contributed by atoms with Crippen LogP contribution in [0, 0.1) is 0 Å². The van der Waals surface area contributed by atoms with Gasteiger partial charge in [-0.05, 0) is 29.7 Å². The van der Waals surface area contributed by atoms with Crippen LogP contribution >= 0.6 is 0 Å². The number of aryl methyl sites for hydroxylation is 1. The van der Waals surface area contributed by atoms with Crippen molar-refractivity contribution in [2.75, 3.05) is 12.6 Å². The van der Waals surface area contributed by atoms with Gasteiger partial charge in [0.1, 0.15) is 36.4 Å². The molecule has 33 heavy (non-hydrogen) atoms. The van der Waals surface area contributed by atoms with E-state index in [-0.39, 0.29) is 17.5 Å². The molecule has 1 fully saturated rings. The van der Waals surface area contributed by atoms with Crippen molar-refractivity contribution in [2.24, 2.45) is 0 Å². The van der Waals surface area contributed by atoms with Crippen LogP contribution in [0.25, 0.3) is 11.0 Å². The molecule has 9 nitrogen and oxygen atoms in total. The molecule has 1 saturated heterocycles. The molecule has 0 saturated carbocycles. The van der Waals surface area contributed by atoms with E-state index in [4.69, 9.17) is 9.57 Å². The third kappa shape index (κ3) is 4.15. The third-order valence-corrected chi connectivity index (χ3v) is 5.73. The van der Waals surface area contributed by atoms with Crippen molar-refractivity contribution in [1.82, 2.24) is 14.5 Å². The number of benzene rings is 1. The minimum Gasteiger partial charge on any atom is -0.387 e. The molecule has 1 aromatic carbocycles. The quantitative estimate of drug-likeness (QED) is 0.407. The van der Waals surface area contributed by atoms with Gasteiger partial charge in [0.25, 0.3) is 0 Å². The van der Waals surface area contributed by atoms with Gasteiger partial charge in [-0.15, -0.1) is 0 Å². The summed E-state index contributed by atoms with van der Waals surface area (Å²) < 4.78 is 46.9. The maximum absolute atomic E-state index is 13.2. The van der Waals surface area contributed by atoms with Gasteiger partial charge < -0.3 is 24.6 Å². The summed E-state index contributed by atoms with van der Waals surface area (Å²) in [6.45, 7) is 1.58. The van der Waals surface area contributed by atoms with Gasteiger partial charge in [-0.2, -0.15) is 13.2 Å². The summed E-state index contributed by atoms with van der Waals surface area (Å²) >= 11 is 0. The van der Waals surface area contributed by atoms with E-state index in [1.165, 1.54) is 24.1 Å². The van der Waals surface area contributed by atoms with Crippen LogP contribution in [0.2, 0.25) is 0 Å². The summed E-state index contributed by atoms with van der Waals surface area (Å²) in [5.41, 5.74) is 2.35. The molecule has 0 radical (unpaired) electrons. The molecule has 0 amide bonds. The second-order valence-electron chi connectivity index (χ2n) is 7.67. The first kappa shape index (κ1) is 23.4. The lowest BCUT2D eigenvalue weighted by Crippen LogP contribution is -2.35. The first-order valence-electron chi connectivity index (χ1n) is 10.2. The van der Waals surface area contributed by atoms with Crippen LogP contribution in [-0.4, -0.2) is 55.3 Å². The molecule has 1 aliphatic heterocycles. The Morgan fingerprint density at radius 3 is 2.64 bits per heavy atom. The average molecular weight is 468 g/mol. The summed E-state index contributed by atoms with van der Waals surface area (Å²) in [4.78, 5) is 13.1. The van der Waals surface area contributed by atoms with E-state index < -0.39 is 42.4 Å². The van der Waals surface area contributed by atoms with Crippen molar-refractivity contribution in [3.63, 3.8) is 0 Å². The first-order chi connectivity index (χ1) is 15.7. The minimum atomic E-state index is -4.52. The highest BCUT2D eigenvalue weighted by Gasteiger charge is 2.47. The van der Waals surface area contributed by atoms with E-state index in [2.05, 4.69) is 15.4 Å². The molecule has 3 heterocycles. The summed E-state index contributed by atoms with van der Waals surface area (Å²) in [5.74, 6) is 0.378. The van der Waals surface area contributed by atoms with Gasteiger partial charge in [0.2, 0.25) is 0 Å². The van der Waals surface area contributed by atoms with Crippen LogP contribution in [0.15, 0.2) is 36.8 Å². The van der Waals surface area contributed by atoms with Crippen LogP contribution in [0.1, 0.15) is 35.9 Å². The zero-order valence-electron chi connectivity index (χ0n) is 17.7. The SMILES string of the molecule is CCc1cc(C(O)[C@H]2O[C@@H](n3ccc4c(NOC)ncnc43)[C@H](O)[C@@H]2O)ccc1C(F)(F)F. The van der Waals surface area contributed by atoms with Crippen LogP contribution in [0.3, 0.4) is 0 Å². The molecule has 1 unspecified atom stereocenters. The Labute approximate surface area is 186 Å². The molecule has 4 N–H and O–H groups in total. The predicted molar refractivity (Wildman–Crippen MR) is 110 cm³/mol. The zero-order chi connectivity index (χ0) is 23.9. The highest BCUT2D eigenvalue weighted by Crippen LogP contribution is 2.39. The van der Waals surface area contributed by atoms with E-state index >= 15 is 0 Å². The van der Waals surface area contributed by atoms with Crippen molar-refractivity contribution in [3.05, 3.63) is 53.5 Å². The van der Waals surface area contributed by atoms with Crippen LogP contribution in [0.4, 0.5) is 19.0 Å². The van der Waals surface area contributed by atoms with Gasteiger partial charge in [-0.3, -0.25) is 4.84 Å². The number of fused-ring (bicyclic) bond motifs is 1. The number of anilines is 1. The predicted octanol–water partition coefficient (Wildman–Crippen LogP) is 2.34. The summed E-state index contributed by atoms with van der Waals surface area (Å²) in [6.07, 6.45) is -8.39. The summed E-state index contributed by atoms with van der Waals surface area (Å²) in [5, 5.41) is 32.6. The standard InChI is InChI=1S/C21H23F3N4O5/c1-3-10-8-11(4-5-13(10)21(22,23)24)14(29)17-15(30)16(31)20(33-17)28-7-6-12-18(27-32-2)25-9-26-19(12)28/h4-9,14-17,20,29-31H,3H2,1-2H3,(H,25,26,27)/t14?,15-,16+,17+,20+/m0/s1. The Morgan fingerprint density at radius 2 is 1.97 bits per heavy atom. The molecule has 2 aromatic heterocycles. The zero-order valence-corrected chi connectivity index (χ0v) is 17.7. The number of hydrogen-bond acceptors (Lipinski definition) is 8. The van der Waals surface area contributed by atoms with Gasteiger partial charge in [0.15, 0.2) is 12.0 Å². The lowest BCUT2D eigenvalue weighted by molar-refractivity contribution is -0.138. The van der Waals surface area contributed by atoms with Gasteiger partial charge in [-0.1, -0.05) is 19.1 Å². The lowest BCUT2D eigenvalue weighted by Gasteiger charge is -2.23. The Balaban J connectivity index is 1.63. The number of aliphatic hydroxyl groups is 3. The molecule has 0 spiro atoms. The van der Waals surface area contributed by atoms with Gasteiger partial charge in [0.05, 0.1) is 18.1 Å². The fourth-order valence-corrected chi connectivity index (χ4v) is 4.09. The van der Waals surface area contributed by atoms with Crippen LogP contribution in [-0.2, 0) is 22.2 Å². The lowest BCUT2D eigenvalue weighted by atomic mass is 9.94. The number of nitrogens with zero attached hydrogens (tertiary/aromatic N) is 3. The summed E-state index contributed by atoms with van der Waals surface area (Å²) in [7, 11) is 1.42. The topological polar surface area (TPSA) is 122 Å². The highest BCUT2D eigenvalue weighted by atomic mass is 19.4. The molecule has 1 aliphatic rings. The van der Waals surface area contributed by atoms with E-state index in [1.54, 1.807) is 19.2 Å². The number of aromatic nitrogens is 3. The van der Waals surface area contributed by atoms with Crippen LogP contribution in [0.5, 0.6) is 0 Å². The third-order valence-electron chi connectivity index (χ3n) is 5.73. The van der Waals surface area contributed by atoms with E-state index in [1.807, 2.05) is 0 Å². The average Bonchev–Trinajstić information content (AvgIpc) is 3.34. The molecular weight excluding hydrogens is 445 g/mol. The van der Waals surface area contributed by atoms with Crippen molar-refractivity contribution in [1.29, 1.82) is 0 Å². The molecule has 12 heteroatoms. The highest BCUT2D eigenvalue weighted by molar-refractivity contribution is 5.87. The smallest absolute Gasteiger partial charge is 0.387 e. The Kier molecular flexibility index (Phi) is 6.29. The number of halogens is 3. The van der Waals surface area contributed by atoms with Crippen molar-refractivity contribution in [3.8, 4) is 0 Å². The van der Waals surface area contributed by atoms with Crippen molar-refractivity contribution < 1.29 is 38.1 Å². The Bertz CT molecular complexity index is 1140. The fourth-order valence-electron chi connectivity index (χ4n) is 4.09. The number of alkyl halides is 3. The molecule has 4 rings (SSSR count). The number of hydrogen-bond donors (Lipinski definition) is 4. The molecule has 178 valence electrons. The number of ether oxygens (including phenoxy) is 1. The van der Waals surface area contributed by atoms with Crippen LogP contribution < -0.4 is 5.48 Å². The molecular formula is C21H23F3N4O5. The first-order valence-corrected chi connectivity index (χ1v) is 10.2. The number of aliphatic hydroxyl groups excluding tert-OH is 3. The number of rotatable bonds is 6. The maximum atomic E-state index is 13.2. The second kappa shape index (κ2) is 8.88. The summed E-state index contributed by atoms with van der Waals surface area (Å²) in [6, 6.07) is 4.94. The van der Waals surface area contributed by atoms with E-state index in [0.29, 0.717) is 16.9 Å². The minimum absolute atomic E-state index is 0.00918. The fraction of sp³-hybridized carbons (Fsp3) is 0.429. The molecule has 0 bridgehead atoms. The second-order valence-corrected chi connectivity index (χ2v) is 7.67. The molecule has 5 atom stereocenters. The van der Waals surface area contributed by atoms with E-state index in [0.717, 1.165) is 12.1 Å². The maximum Gasteiger partial charge on any atom is 0.416 e. The Morgan fingerprint density at radius 1 is 1.21 bits per heavy atom. The molecule has 3 aromatic rings. The monoisotopic (exact) mass is 468 g/mol. The van der Waals surface area contributed by atoms with Gasteiger partial charge in [-0.25, -0.2) is 15.4 Å².